The van der Waals surface area contributed by atoms with Crippen LogP contribution in [0.2, 0.25) is 0 Å². The molecule has 0 aliphatic carbocycles. The second-order valence-electron chi connectivity index (χ2n) is 9.00. The molecule has 0 bridgehead atoms. The summed E-state index contributed by atoms with van der Waals surface area (Å²) in [6.07, 6.45) is 0. The van der Waals surface area contributed by atoms with Crippen LogP contribution in [-0.4, -0.2) is 41.6 Å². The Morgan fingerprint density at radius 3 is 2.39 bits per heavy atom. The third-order valence-electron chi connectivity index (χ3n) is 6.06. The molecular formula is C27H24F3NO5. The van der Waals surface area contributed by atoms with E-state index in [2.05, 4.69) is 0 Å². The summed E-state index contributed by atoms with van der Waals surface area (Å²) in [6, 6.07) is 10.9. The van der Waals surface area contributed by atoms with Gasteiger partial charge in [0, 0.05) is 41.6 Å². The van der Waals surface area contributed by atoms with Crippen LogP contribution in [0, 0.1) is 17.5 Å². The van der Waals surface area contributed by atoms with E-state index in [-0.39, 0.29) is 34.4 Å². The van der Waals surface area contributed by atoms with Gasteiger partial charge in [0.1, 0.15) is 0 Å². The lowest BCUT2D eigenvalue weighted by atomic mass is 9.84. The molecule has 0 saturated carbocycles. The molecule has 0 saturated heterocycles. The van der Waals surface area contributed by atoms with Crippen molar-refractivity contribution in [2.24, 2.45) is 0 Å². The highest BCUT2D eigenvalue weighted by molar-refractivity contribution is 6.04. The Morgan fingerprint density at radius 1 is 1.03 bits per heavy atom. The molecule has 9 heteroatoms. The van der Waals surface area contributed by atoms with Crippen molar-refractivity contribution in [3.63, 3.8) is 0 Å². The second kappa shape index (κ2) is 9.23. The van der Waals surface area contributed by atoms with Crippen molar-refractivity contribution in [1.82, 2.24) is 4.57 Å². The molecule has 188 valence electrons. The van der Waals surface area contributed by atoms with E-state index in [1.807, 2.05) is 13.8 Å². The SMILES string of the molecule is COCC(C)(C)c1c(-c2cccc(C(=O)O)c2)c2c(O)c(F)c(F)cc2n1-c1ccc(F)c(OC)c1. The second-order valence-corrected chi connectivity index (χ2v) is 9.00. The highest BCUT2D eigenvalue weighted by Gasteiger charge is 2.34. The van der Waals surface area contributed by atoms with Gasteiger partial charge in [-0.05, 0) is 29.8 Å². The maximum atomic E-state index is 14.7. The van der Waals surface area contributed by atoms with Crippen molar-refractivity contribution in [3.05, 3.63) is 77.2 Å². The van der Waals surface area contributed by atoms with E-state index in [0.717, 1.165) is 6.07 Å². The van der Waals surface area contributed by atoms with E-state index in [4.69, 9.17) is 9.47 Å². The van der Waals surface area contributed by atoms with Crippen molar-refractivity contribution in [2.75, 3.05) is 20.8 Å². The number of phenolic OH excluding ortho intramolecular Hbond substituents is 1. The highest BCUT2D eigenvalue weighted by Crippen LogP contribution is 2.47. The summed E-state index contributed by atoms with van der Waals surface area (Å²) in [4.78, 5) is 11.7. The molecule has 2 N–H and O–H groups in total. The van der Waals surface area contributed by atoms with Gasteiger partial charge in [-0.3, -0.25) is 0 Å². The summed E-state index contributed by atoms with van der Waals surface area (Å²) in [6.45, 7) is 3.81. The Balaban J connectivity index is 2.27. The first-order valence-electron chi connectivity index (χ1n) is 10.9. The first-order valence-corrected chi connectivity index (χ1v) is 10.9. The van der Waals surface area contributed by atoms with E-state index < -0.39 is 34.6 Å². The summed E-state index contributed by atoms with van der Waals surface area (Å²) in [7, 11) is 2.80. The van der Waals surface area contributed by atoms with Gasteiger partial charge in [0.05, 0.1) is 30.2 Å². The number of aromatic carboxylic acids is 1. The zero-order valence-electron chi connectivity index (χ0n) is 20.0. The molecule has 0 radical (unpaired) electrons. The average Bonchev–Trinajstić information content (AvgIpc) is 3.19. The Bertz CT molecular complexity index is 1490. The molecule has 3 aromatic carbocycles. The number of rotatable bonds is 7. The number of methoxy groups -OCH3 is 2. The van der Waals surface area contributed by atoms with Gasteiger partial charge in [-0.2, -0.15) is 4.39 Å². The summed E-state index contributed by atoms with van der Waals surface area (Å²) in [5, 5.41) is 20.3. The number of aromatic nitrogens is 1. The molecule has 1 aromatic heterocycles. The lowest BCUT2D eigenvalue weighted by molar-refractivity contribution is 0.0697. The van der Waals surface area contributed by atoms with Gasteiger partial charge in [-0.1, -0.05) is 26.0 Å². The predicted molar refractivity (Wildman–Crippen MR) is 129 cm³/mol. The fourth-order valence-electron chi connectivity index (χ4n) is 4.59. The number of ether oxygens (including phenoxy) is 2. The molecule has 36 heavy (non-hydrogen) atoms. The van der Waals surface area contributed by atoms with Gasteiger partial charge in [-0.15, -0.1) is 0 Å². The number of nitrogens with zero attached hydrogens (tertiary/aromatic N) is 1. The number of benzene rings is 3. The van der Waals surface area contributed by atoms with Crippen molar-refractivity contribution >= 4 is 16.9 Å². The topological polar surface area (TPSA) is 80.9 Å². The molecular weight excluding hydrogens is 475 g/mol. The molecule has 6 nitrogen and oxygen atoms in total. The summed E-state index contributed by atoms with van der Waals surface area (Å²) in [5.41, 5.74) is 0.662. The standard InChI is InChI=1S/C27H24F3NO5/c1-27(2,13-35-3)25-21(14-6-5-7-15(10-14)26(33)34)22-19(12-18(29)23(30)24(22)32)31(25)16-8-9-17(28)20(11-16)36-4/h5-12,32H,13H2,1-4H3,(H,33,34). The molecule has 0 fully saturated rings. The predicted octanol–water partition coefficient (Wildman–Crippen LogP) is 6.05. The van der Waals surface area contributed by atoms with Crippen LogP contribution >= 0.6 is 0 Å². The zero-order chi connectivity index (χ0) is 26.4. The number of carboxylic acid groups (broad SMARTS) is 1. The van der Waals surface area contributed by atoms with Crippen LogP contribution < -0.4 is 4.74 Å². The molecule has 0 aliphatic heterocycles. The van der Waals surface area contributed by atoms with E-state index in [9.17, 15) is 28.2 Å². The molecule has 4 rings (SSSR count). The fraction of sp³-hybridized carbons (Fsp3) is 0.222. The van der Waals surface area contributed by atoms with E-state index >= 15 is 0 Å². The van der Waals surface area contributed by atoms with Gasteiger partial charge in [0.25, 0.3) is 0 Å². The number of hydrogen-bond acceptors (Lipinski definition) is 4. The highest BCUT2D eigenvalue weighted by atomic mass is 19.2. The summed E-state index contributed by atoms with van der Waals surface area (Å²) < 4.78 is 55.7. The lowest BCUT2D eigenvalue weighted by Crippen LogP contribution is -2.27. The number of halogens is 3. The molecule has 0 spiro atoms. The molecule has 0 amide bonds. The van der Waals surface area contributed by atoms with Crippen molar-refractivity contribution < 1.29 is 37.7 Å². The van der Waals surface area contributed by atoms with E-state index in [1.54, 1.807) is 10.6 Å². The van der Waals surface area contributed by atoms with Crippen LogP contribution in [0.3, 0.4) is 0 Å². The fourth-order valence-corrected chi connectivity index (χ4v) is 4.59. The van der Waals surface area contributed by atoms with Crippen LogP contribution in [-0.2, 0) is 10.2 Å². The van der Waals surface area contributed by atoms with Gasteiger partial charge in [-0.25, -0.2) is 13.6 Å². The summed E-state index contributed by atoms with van der Waals surface area (Å²) >= 11 is 0. The molecule has 1 heterocycles. The normalized spacial score (nSPS) is 11.8. The van der Waals surface area contributed by atoms with Crippen molar-refractivity contribution in [3.8, 4) is 28.3 Å². The number of hydrogen-bond donors (Lipinski definition) is 2. The Hall–Kier alpha value is -3.98. The average molecular weight is 499 g/mol. The van der Waals surface area contributed by atoms with Crippen LogP contribution in [0.1, 0.15) is 29.9 Å². The number of aromatic hydroxyl groups is 1. The van der Waals surface area contributed by atoms with Crippen molar-refractivity contribution in [1.29, 1.82) is 0 Å². The molecule has 0 atom stereocenters. The van der Waals surface area contributed by atoms with Gasteiger partial charge in [0.15, 0.2) is 23.1 Å². The third kappa shape index (κ3) is 4.05. The van der Waals surface area contributed by atoms with Crippen molar-refractivity contribution in [2.45, 2.75) is 19.3 Å². The van der Waals surface area contributed by atoms with Gasteiger partial charge in [0.2, 0.25) is 5.82 Å². The Labute approximate surface area is 205 Å². The molecule has 0 unspecified atom stereocenters. The maximum absolute atomic E-state index is 14.7. The van der Waals surface area contributed by atoms with Crippen LogP contribution in [0.5, 0.6) is 11.5 Å². The number of fused-ring (bicyclic) bond motifs is 1. The Kier molecular flexibility index (Phi) is 6.44. The van der Waals surface area contributed by atoms with Gasteiger partial charge >= 0.3 is 5.97 Å². The molecule has 0 aliphatic rings. The first kappa shape index (κ1) is 25.1. The van der Waals surface area contributed by atoms with Gasteiger partial charge < -0.3 is 24.3 Å². The smallest absolute Gasteiger partial charge is 0.335 e. The Morgan fingerprint density at radius 2 is 1.75 bits per heavy atom. The number of phenols is 1. The molecule has 4 aromatic rings. The zero-order valence-corrected chi connectivity index (χ0v) is 20.0. The first-order chi connectivity index (χ1) is 17.0. The van der Waals surface area contributed by atoms with Crippen LogP contribution in [0.15, 0.2) is 48.5 Å². The maximum Gasteiger partial charge on any atom is 0.335 e. The minimum absolute atomic E-state index is 0.0288. The van der Waals surface area contributed by atoms with E-state index in [1.165, 1.54) is 50.6 Å². The minimum Gasteiger partial charge on any atom is -0.504 e. The third-order valence-corrected chi connectivity index (χ3v) is 6.06. The lowest BCUT2D eigenvalue weighted by Gasteiger charge is -2.28. The van der Waals surface area contributed by atoms with E-state index in [0.29, 0.717) is 16.9 Å². The number of carboxylic acids is 1. The van der Waals surface area contributed by atoms with Crippen LogP contribution in [0.4, 0.5) is 13.2 Å². The van der Waals surface area contributed by atoms with Crippen LogP contribution in [0.25, 0.3) is 27.7 Å². The quantitative estimate of drug-likeness (QED) is 0.324. The number of carbonyl (C=O) groups is 1. The minimum atomic E-state index is -1.44. The monoisotopic (exact) mass is 499 g/mol. The largest absolute Gasteiger partial charge is 0.504 e. The summed E-state index contributed by atoms with van der Waals surface area (Å²) in [5.74, 6) is -5.53.